The van der Waals surface area contributed by atoms with Gasteiger partial charge in [-0.2, -0.15) is 0 Å². The van der Waals surface area contributed by atoms with Crippen LogP contribution in [0.3, 0.4) is 0 Å². The summed E-state index contributed by atoms with van der Waals surface area (Å²) in [4.78, 5) is 4.89. The van der Waals surface area contributed by atoms with Gasteiger partial charge in [-0.15, -0.1) is 0 Å². The number of sulfonamides is 1. The second-order valence-electron chi connectivity index (χ2n) is 9.70. The van der Waals surface area contributed by atoms with Gasteiger partial charge >= 0.3 is 0 Å². The number of anilines is 1. The zero-order valence-corrected chi connectivity index (χ0v) is 22.2. The fourth-order valence-electron chi connectivity index (χ4n) is 5.09. The molecule has 3 aromatic heterocycles. The summed E-state index contributed by atoms with van der Waals surface area (Å²) in [6, 6.07) is 21.4. The Morgan fingerprint density at radius 3 is 2.55 bits per heavy atom. The first kappa shape index (κ1) is 24.3. The van der Waals surface area contributed by atoms with Crippen LogP contribution in [-0.4, -0.2) is 31.3 Å². The summed E-state index contributed by atoms with van der Waals surface area (Å²) in [6.07, 6.45) is 1.12. The van der Waals surface area contributed by atoms with E-state index >= 15 is 0 Å². The summed E-state index contributed by atoms with van der Waals surface area (Å²) < 4.78 is 68.3. The van der Waals surface area contributed by atoms with E-state index < -0.39 is 10.0 Å². The third-order valence-corrected chi connectivity index (χ3v) is 8.41. The van der Waals surface area contributed by atoms with Crippen LogP contribution in [0.15, 0.2) is 83.3 Å². The number of aromatic nitrogens is 2. The van der Waals surface area contributed by atoms with Crippen LogP contribution in [0.2, 0.25) is 0 Å². The largest absolute Gasteiger partial charge is 0.470 e. The van der Waals surface area contributed by atoms with Gasteiger partial charge in [0.15, 0.2) is 6.73 Å². The number of hydrogen-bond acceptors (Lipinski definition) is 5. The first-order valence-corrected chi connectivity index (χ1v) is 14.2. The van der Waals surface area contributed by atoms with E-state index in [1.807, 2.05) is 22.8 Å². The van der Waals surface area contributed by atoms with E-state index in [0.29, 0.717) is 67.3 Å². The SMILES string of the molecule is CN(c1cc2oc(-c3ccc(F)cc3)cc2cc1-c1ccc2c(n1)-c1cc3c(F)cccc3n1CO2)S(C)(=O)=O. The van der Waals surface area contributed by atoms with Crippen molar-refractivity contribution < 1.29 is 26.4 Å². The summed E-state index contributed by atoms with van der Waals surface area (Å²) >= 11 is 0. The predicted molar refractivity (Wildman–Crippen MR) is 150 cm³/mol. The van der Waals surface area contributed by atoms with E-state index in [-0.39, 0.29) is 18.4 Å². The van der Waals surface area contributed by atoms with Crippen LogP contribution in [-0.2, 0) is 16.8 Å². The fraction of sp³-hybridized carbons (Fsp3) is 0.100. The van der Waals surface area contributed by atoms with Gasteiger partial charge < -0.3 is 13.7 Å². The maximum atomic E-state index is 14.6. The molecule has 4 heterocycles. The van der Waals surface area contributed by atoms with Crippen molar-refractivity contribution in [3.63, 3.8) is 0 Å². The molecule has 0 unspecified atom stereocenters. The smallest absolute Gasteiger partial charge is 0.232 e. The summed E-state index contributed by atoms with van der Waals surface area (Å²) in [6.45, 7) is 0.214. The molecule has 3 aromatic carbocycles. The third kappa shape index (κ3) is 3.83. The molecule has 0 amide bonds. The molecule has 0 radical (unpaired) electrons. The highest BCUT2D eigenvalue weighted by atomic mass is 32.2. The van der Waals surface area contributed by atoms with Gasteiger partial charge in [-0.25, -0.2) is 22.2 Å². The van der Waals surface area contributed by atoms with Crippen molar-refractivity contribution in [2.24, 2.45) is 0 Å². The van der Waals surface area contributed by atoms with Gasteiger partial charge in [-0.1, -0.05) is 6.07 Å². The Morgan fingerprint density at radius 1 is 0.975 bits per heavy atom. The summed E-state index contributed by atoms with van der Waals surface area (Å²) in [5, 5.41) is 1.18. The number of pyridine rings is 1. The van der Waals surface area contributed by atoms with E-state index in [1.165, 1.54) is 29.6 Å². The van der Waals surface area contributed by atoms with Crippen molar-refractivity contribution in [1.82, 2.24) is 9.55 Å². The maximum Gasteiger partial charge on any atom is 0.232 e. The molecule has 10 heteroatoms. The molecule has 200 valence electrons. The molecule has 0 N–H and O–H groups in total. The summed E-state index contributed by atoms with van der Waals surface area (Å²) in [7, 11) is -2.18. The van der Waals surface area contributed by atoms with Gasteiger partial charge in [0.05, 0.1) is 28.8 Å². The summed E-state index contributed by atoms with van der Waals surface area (Å²) in [5.41, 5.74) is 4.47. The fourth-order valence-corrected chi connectivity index (χ4v) is 5.60. The minimum atomic E-state index is -3.64. The number of benzene rings is 3. The lowest BCUT2D eigenvalue weighted by atomic mass is 10.0. The standard InChI is InChI=1S/C30H21F2N3O4S/c1-34(40(2,36)37)25-15-29-18(13-28(39-29)17-6-8-19(31)9-7-17)12-21(25)23-10-11-27-30(33-23)26-14-20-22(32)4-3-5-24(20)35(26)16-38-27/h3-15H,16H2,1-2H3. The van der Waals surface area contributed by atoms with Crippen LogP contribution in [0.1, 0.15) is 0 Å². The van der Waals surface area contributed by atoms with Crippen molar-refractivity contribution >= 4 is 37.6 Å². The Morgan fingerprint density at radius 2 is 1.77 bits per heavy atom. The molecule has 7 nitrogen and oxygen atoms in total. The van der Waals surface area contributed by atoms with Gasteiger partial charge in [-0.3, -0.25) is 4.31 Å². The molecule has 1 aliphatic rings. The zero-order valence-electron chi connectivity index (χ0n) is 21.4. The maximum absolute atomic E-state index is 14.6. The lowest BCUT2D eigenvalue weighted by Gasteiger charge is -2.23. The highest BCUT2D eigenvalue weighted by Crippen LogP contribution is 2.42. The van der Waals surface area contributed by atoms with Crippen LogP contribution in [0.25, 0.3) is 55.8 Å². The first-order chi connectivity index (χ1) is 19.2. The lowest BCUT2D eigenvalue weighted by Crippen LogP contribution is -2.25. The molecule has 0 saturated heterocycles. The van der Waals surface area contributed by atoms with Gasteiger partial charge in [-0.05, 0) is 66.7 Å². The van der Waals surface area contributed by atoms with Crippen LogP contribution in [0.4, 0.5) is 14.5 Å². The van der Waals surface area contributed by atoms with Crippen LogP contribution in [0, 0.1) is 11.6 Å². The molecule has 0 fully saturated rings. The molecule has 0 bridgehead atoms. The Balaban J connectivity index is 1.43. The number of furan rings is 1. The molecule has 0 saturated carbocycles. The Kier molecular flexibility index (Phi) is 5.27. The number of fused-ring (bicyclic) bond motifs is 6. The molecule has 1 aliphatic heterocycles. The Hall–Kier alpha value is -4.70. The van der Waals surface area contributed by atoms with Crippen molar-refractivity contribution in [2.75, 3.05) is 17.6 Å². The van der Waals surface area contributed by atoms with E-state index in [1.54, 1.807) is 42.5 Å². The Labute approximate surface area is 227 Å². The molecule has 0 aliphatic carbocycles. The lowest BCUT2D eigenvalue weighted by molar-refractivity contribution is 0.234. The van der Waals surface area contributed by atoms with Crippen LogP contribution >= 0.6 is 0 Å². The van der Waals surface area contributed by atoms with Gasteiger partial charge in [0, 0.05) is 35.0 Å². The monoisotopic (exact) mass is 557 g/mol. The summed E-state index contributed by atoms with van der Waals surface area (Å²) in [5.74, 6) is 0.360. The third-order valence-electron chi connectivity index (χ3n) is 7.22. The number of ether oxygens (including phenoxy) is 1. The molecule has 6 aromatic rings. The van der Waals surface area contributed by atoms with Crippen LogP contribution < -0.4 is 9.04 Å². The van der Waals surface area contributed by atoms with Crippen molar-refractivity contribution in [2.45, 2.75) is 6.73 Å². The quantitative estimate of drug-likeness (QED) is 0.238. The van der Waals surface area contributed by atoms with Crippen molar-refractivity contribution in [3.05, 3.63) is 90.5 Å². The molecular formula is C30H21F2N3O4S. The molecule has 0 spiro atoms. The van der Waals surface area contributed by atoms with E-state index in [4.69, 9.17) is 14.1 Å². The van der Waals surface area contributed by atoms with Crippen molar-refractivity contribution in [1.29, 1.82) is 0 Å². The average molecular weight is 558 g/mol. The van der Waals surface area contributed by atoms with E-state index in [9.17, 15) is 17.2 Å². The van der Waals surface area contributed by atoms with Crippen LogP contribution in [0.5, 0.6) is 5.75 Å². The minimum absolute atomic E-state index is 0.214. The Bertz CT molecular complexity index is 2080. The van der Waals surface area contributed by atoms with Gasteiger partial charge in [0.1, 0.15) is 34.4 Å². The van der Waals surface area contributed by atoms with E-state index in [2.05, 4.69) is 0 Å². The first-order valence-electron chi connectivity index (χ1n) is 12.4. The molecule has 40 heavy (non-hydrogen) atoms. The minimum Gasteiger partial charge on any atom is -0.470 e. The van der Waals surface area contributed by atoms with Gasteiger partial charge in [0.25, 0.3) is 0 Å². The normalized spacial score (nSPS) is 12.8. The number of rotatable bonds is 4. The number of halogens is 2. The molecular weight excluding hydrogens is 536 g/mol. The molecule has 7 rings (SSSR count). The number of hydrogen-bond donors (Lipinski definition) is 0. The topological polar surface area (TPSA) is 77.6 Å². The molecule has 0 atom stereocenters. The second-order valence-corrected chi connectivity index (χ2v) is 11.7. The second kappa shape index (κ2) is 8.65. The highest BCUT2D eigenvalue weighted by Gasteiger charge is 2.25. The number of nitrogens with zero attached hydrogens (tertiary/aromatic N) is 3. The highest BCUT2D eigenvalue weighted by molar-refractivity contribution is 7.92. The van der Waals surface area contributed by atoms with Crippen molar-refractivity contribution in [3.8, 4) is 39.7 Å². The predicted octanol–water partition coefficient (Wildman–Crippen LogP) is 6.81. The van der Waals surface area contributed by atoms with Gasteiger partial charge in [0.2, 0.25) is 10.0 Å². The van der Waals surface area contributed by atoms with E-state index in [0.717, 1.165) is 6.26 Å². The zero-order chi connectivity index (χ0) is 27.8. The average Bonchev–Trinajstić information content (AvgIpc) is 3.54.